The van der Waals surface area contributed by atoms with Gasteiger partial charge in [-0.3, -0.25) is 4.79 Å². The van der Waals surface area contributed by atoms with Crippen LogP contribution in [0.4, 0.5) is 0 Å². The van der Waals surface area contributed by atoms with Crippen LogP contribution in [0.25, 0.3) is 0 Å². The molecule has 1 saturated heterocycles. The third-order valence-corrected chi connectivity index (χ3v) is 3.27. The molecule has 4 nitrogen and oxygen atoms in total. The summed E-state index contributed by atoms with van der Waals surface area (Å²) in [5, 5.41) is 3.37. The zero-order chi connectivity index (χ0) is 10.8. The van der Waals surface area contributed by atoms with Crippen molar-refractivity contribution >= 4 is 5.91 Å². The number of ether oxygens (including phenoxy) is 1. The van der Waals surface area contributed by atoms with Crippen molar-refractivity contribution in [2.45, 2.75) is 32.4 Å². The van der Waals surface area contributed by atoms with Gasteiger partial charge in [0.05, 0.1) is 19.3 Å². The molecule has 1 aliphatic carbocycles. The maximum atomic E-state index is 12.0. The maximum Gasteiger partial charge on any atom is 0.239 e. The second-order valence-electron chi connectivity index (χ2n) is 4.65. The van der Waals surface area contributed by atoms with Crippen molar-refractivity contribution < 1.29 is 9.53 Å². The van der Waals surface area contributed by atoms with Crippen LogP contribution in [0, 0.1) is 5.92 Å². The van der Waals surface area contributed by atoms with Crippen molar-refractivity contribution in [2.75, 3.05) is 26.3 Å². The predicted molar refractivity (Wildman–Crippen MR) is 57.6 cm³/mol. The van der Waals surface area contributed by atoms with Crippen LogP contribution in [0.2, 0.25) is 0 Å². The highest BCUT2D eigenvalue weighted by molar-refractivity contribution is 5.81. The molecule has 3 atom stereocenters. The van der Waals surface area contributed by atoms with E-state index in [-0.39, 0.29) is 11.9 Å². The molecule has 0 aromatic rings. The van der Waals surface area contributed by atoms with Crippen LogP contribution in [0.15, 0.2) is 0 Å². The number of carbonyl (C=O) groups excluding carboxylic acids is 1. The highest BCUT2D eigenvalue weighted by atomic mass is 16.5. The van der Waals surface area contributed by atoms with E-state index < -0.39 is 0 Å². The standard InChI is InChI=1S/C11H20N2O2/c1-8-7-10(8)12-9(2)11(14)13-3-5-15-6-4-13/h8-10,12H,3-7H2,1-2H3. The van der Waals surface area contributed by atoms with Gasteiger partial charge in [-0.05, 0) is 19.3 Å². The van der Waals surface area contributed by atoms with E-state index in [9.17, 15) is 4.79 Å². The van der Waals surface area contributed by atoms with Crippen molar-refractivity contribution in [3.05, 3.63) is 0 Å². The summed E-state index contributed by atoms with van der Waals surface area (Å²) in [6.07, 6.45) is 1.21. The number of carbonyl (C=O) groups is 1. The molecule has 1 amide bonds. The Morgan fingerprint density at radius 2 is 2.07 bits per heavy atom. The van der Waals surface area contributed by atoms with E-state index in [1.807, 2.05) is 11.8 Å². The minimum atomic E-state index is -0.0435. The van der Waals surface area contributed by atoms with Gasteiger partial charge in [-0.15, -0.1) is 0 Å². The second kappa shape index (κ2) is 4.49. The molecule has 2 aliphatic rings. The van der Waals surface area contributed by atoms with Crippen molar-refractivity contribution in [1.29, 1.82) is 0 Å². The van der Waals surface area contributed by atoms with Crippen molar-refractivity contribution in [3.8, 4) is 0 Å². The van der Waals surface area contributed by atoms with Crippen LogP contribution >= 0.6 is 0 Å². The molecule has 1 saturated carbocycles. The Bertz CT molecular complexity index is 239. The van der Waals surface area contributed by atoms with E-state index >= 15 is 0 Å². The molecule has 15 heavy (non-hydrogen) atoms. The molecule has 2 rings (SSSR count). The number of morpholine rings is 1. The van der Waals surface area contributed by atoms with Crippen LogP contribution in [0.3, 0.4) is 0 Å². The monoisotopic (exact) mass is 212 g/mol. The largest absolute Gasteiger partial charge is 0.378 e. The second-order valence-corrected chi connectivity index (χ2v) is 4.65. The summed E-state index contributed by atoms with van der Waals surface area (Å²) >= 11 is 0. The third kappa shape index (κ3) is 2.69. The van der Waals surface area contributed by atoms with Gasteiger partial charge in [0, 0.05) is 19.1 Å². The van der Waals surface area contributed by atoms with E-state index in [0.29, 0.717) is 19.3 Å². The van der Waals surface area contributed by atoms with Gasteiger partial charge < -0.3 is 15.0 Å². The van der Waals surface area contributed by atoms with Crippen LogP contribution < -0.4 is 5.32 Å². The molecule has 3 unspecified atom stereocenters. The number of hydrogen-bond donors (Lipinski definition) is 1. The molecule has 86 valence electrons. The molecule has 0 aromatic heterocycles. The average molecular weight is 212 g/mol. The van der Waals surface area contributed by atoms with E-state index in [4.69, 9.17) is 4.74 Å². The smallest absolute Gasteiger partial charge is 0.239 e. The third-order valence-electron chi connectivity index (χ3n) is 3.27. The summed E-state index contributed by atoms with van der Waals surface area (Å²) in [6.45, 7) is 7.01. The summed E-state index contributed by atoms with van der Waals surface area (Å²) in [6, 6.07) is 0.517. The molecule has 2 fully saturated rings. The van der Waals surface area contributed by atoms with Gasteiger partial charge in [0.25, 0.3) is 0 Å². The molecule has 1 heterocycles. The van der Waals surface area contributed by atoms with Crippen LogP contribution in [0.1, 0.15) is 20.3 Å². The van der Waals surface area contributed by atoms with Gasteiger partial charge in [0.1, 0.15) is 0 Å². The quantitative estimate of drug-likeness (QED) is 0.728. The molecule has 4 heteroatoms. The number of nitrogens with one attached hydrogen (secondary N) is 1. The number of amides is 1. The SMILES string of the molecule is CC(NC1CC1C)C(=O)N1CCOCC1. The van der Waals surface area contributed by atoms with Gasteiger partial charge in [0.15, 0.2) is 0 Å². The fraction of sp³-hybridized carbons (Fsp3) is 0.909. The molecule has 0 aromatic carbocycles. The summed E-state index contributed by atoms with van der Waals surface area (Å²) in [5.74, 6) is 0.960. The van der Waals surface area contributed by atoms with Crippen LogP contribution in [0.5, 0.6) is 0 Å². The molecule has 1 aliphatic heterocycles. The Balaban J connectivity index is 1.78. The first-order valence-electron chi connectivity index (χ1n) is 5.81. The topological polar surface area (TPSA) is 41.6 Å². The molecular formula is C11H20N2O2. The fourth-order valence-corrected chi connectivity index (χ4v) is 2.00. The van der Waals surface area contributed by atoms with Crippen molar-refractivity contribution in [2.24, 2.45) is 5.92 Å². The molecule has 0 bridgehead atoms. The molecule has 0 radical (unpaired) electrons. The van der Waals surface area contributed by atoms with E-state index in [1.165, 1.54) is 6.42 Å². The zero-order valence-electron chi connectivity index (χ0n) is 9.53. The number of rotatable bonds is 3. The lowest BCUT2D eigenvalue weighted by molar-refractivity contribution is -0.137. The van der Waals surface area contributed by atoms with Gasteiger partial charge >= 0.3 is 0 Å². The lowest BCUT2D eigenvalue weighted by atomic mass is 10.2. The van der Waals surface area contributed by atoms with E-state index in [2.05, 4.69) is 12.2 Å². The molecule has 0 spiro atoms. The first-order chi connectivity index (χ1) is 7.18. The van der Waals surface area contributed by atoms with Crippen molar-refractivity contribution in [3.63, 3.8) is 0 Å². The highest BCUT2D eigenvalue weighted by Crippen LogP contribution is 2.29. The average Bonchev–Trinajstić information content (AvgIpc) is 2.94. The van der Waals surface area contributed by atoms with Gasteiger partial charge in [-0.25, -0.2) is 0 Å². The van der Waals surface area contributed by atoms with Gasteiger partial charge in [0.2, 0.25) is 5.91 Å². The molecule has 1 N–H and O–H groups in total. The minimum absolute atomic E-state index is 0.0435. The Kier molecular flexibility index (Phi) is 3.26. The van der Waals surface area contributed by atoms with Crippen LogP contribution in [-0.2, 0) is 9.53 Å². The fourth-order valence-electron chi connectivity index (χ4n) is 2.00. The summed E-state index contributed by atoms with van der Waals surface area (Å²) in [4.78, 5) is 13.9. The number of hydrogen-bond acceptors (Lipinski definition) is 3. The van der Waals surface area contributed by atoms with E-state index in [0.717, 1.165) is 19.0 Å². The highest BCUT2D eigenvalue weighted by Gasteiger charge is 2.35. The predicted octanol–water partition coefficient (Wildman–Crippen LogP) is 0.232. The number of nitrogens with zero attached hydrogens (tertiary/aromatic N) is 1. The first kappa shape index (κ1) is 10.9. The Morgan fingerprint density at radius 1 is 1.47 bits per heavy atom. The lowest BCUT2D eigenvalue weighted by Crippen LogP contribution is -2.49. The Hall–Kier alpha value is -0.610. The van der Waals surface area contributed by atoms with Gasteiger partial charge in [-0.1, -0.05) is 6.92 Å². The lowest BCUT2D eigenvalue weighted by Gasteiger charge is -2.29. The van der Waals surface area contributed by atoms with Crippen LogP contribution in [-0.4, -0.2) is 49.2 Å². The Labute approximate surface area is 91.0 Å². The Morgan fingerprint density at radius 3 is 2.60 bits per heavy atom. The maximum absolute atomic E-state index is 12.0. The van der Waals surface area contributed by atoms with E-state index in [1.54, 1.807) is 0 Å². The summed E-state index contributed by atoms with van der Waals surface area (Å²) in [7, 11) is 0. The zero-order valence-corrected chi connectivity index (χ0v) is 9.53. The van der Waals surface area contributed by atoms with Crippen molar-refractivity contribution in [1.82, 2.24) is 10.2 Å². The summed E-state index contributed by atoms with van der Waals surface area (Å²) in [5.41, 5.74) is 0. The minimum Gasteiger partial charge on any atom is -0.378 e. The normalized spacial score (nSPS) is 32.5. The van der Waals surface area contributed by atoms with Gasteiger partial charge in [-0.2, -0.15) is 0 Å². The molecular weight excluding hydrogens is 192 g/mol. The first-order valence-corrected chi connectivity index (χ1v) is 5.81. The summed E-state index contributed by atoms with van der Waals surface area (Å²) < 4.78 is 5.23.